The highest BCUT2D eigenvalue weighted by Crippen LogP contribution is 2.19. The SMILES string of the molecule is CCc1ccc(COc2ccc(C#N)cc2)s1. The molecule has 0 fully saturated rings. The third kappa shape index (κ3) is 3.08. The zero-order chi connectivity index (χ0) is 12.1. The summed E-state index contributed by atoms with van der Waals surface area (Å²) >= 11 is 1.78. The highest BCUT2D eigenvalue weighted by molar-refractivity contribution is 7.11. The fraction of sp³-hybridized carbons (Fsp3) is 0.214. The van der Waals surface area contributed by atoms with Crippen LogP contribution in [0.4, 0.5) is 0 Å². The highest BCUT2D eigenvalue weighted by atomic mass is 32.1. The Morgan fingerprint density at radius 3 is 2.41 bits per heavy atom. The lowest BCUT2D eigenvalue weighted by Gasteiger charge is -2.03. The van der Waals surface area contributed by atoms with Crippen LogP contribution < -0.4 is 4.74 Å². The van der Waals surface area contributed by atoms with E-state index in [1.54, 1.807) is 23.5 Å². The maximum absolute atomic E-state index is 8.68. The van der Waals surface area contributed by atoms with Crippen molar-refractivity contribution in [1.82, 2.24) is 0 Å². The largest absolute Gasteiger partial charge is 0.488 e. The molecule has 0 aliphatic rings. The van der Waals surface area contributed by atoms with E-state index in [4.69, 9.17) is 10.00 Å². The molecule has 0 aliphatic carbocycles. The van der Waals surface area contributed by atoms with Crippen LogP contribution in [0, 0.1) is 11.3 Å². The summed E-state index contributed by atoms with van der Waals surface area (Å²) in [5, 5.41) is 8.68. The van der Waals surface area contributed by atoms with Crippen molar-refractivity contribution in [3.63, 3.8) is 0 Å². The van der Waals surface area contributed by atoms with Crippen molar-refractivity contribution in [2.24, 2.45) is 0 Å². The van der Waals surface area contributed by atoms with Gasteiger partial charge in [-0.05, 0) is 42.8 Å². The molecule has 0 spiro atoms. The molecular weight excluding hydrogens is 230 g/mol. The lowest BCUT2D eigenvalue weighted by molar-refractivity contribution is 0.310. The zero-order valence-electron chi connectivity index (χ0n) is 9.64. The Kier molecular flexibility index (Phi) is 3.79. The molecule has 2 rings (SSSR count). The van der Waals surface area contributed by atoms with Crippen LogP contribution in [0.3, 0.4) is 0 Å². The van der Waals surface area contributed by atoms with Crippen molar-refractivity contribution in [3.05, 3.63) is 51.7 Å². The zero-order valence-corrected chi connectivity index (χ0v) is 10.5. The summed E-state index contributed by atoms with van der Waals surface area (Å²) in [5.74, 6) is 0.801. The van der Waals surface area contributed by atoms with E-state index in [9.17, 15) is 0 Å². The molecule has 17 heavy (non-hydrogen) atoms. The summed E-state index contributed by atoms with van der Waals surface area (Å²) in [7, 11) is 0. The third-order valence-corrected chi connectivity index (χ3v) is 3.63. The van der Waals surface area contributed by atoms with E-state index in [1.807, 2.05) is 12.1 Å². The second-order valence-corrected chi connectivity index (χ2v) is 4.90. The van der Waals surface area contributed by atoms with Gasteiger partial charge < -0.3 is 4.74 Å². The van der Waals surface area contributed by atoms with Crippen LogP contribution in [0.15, 0.2) is 36.4 Å². The van der Waals surface area contributed by atoms with Crippen molar-refractivity contribution in [1.29, 1.82) is 5.26 Å². The molecule has 0 saturated heterocycles. The fourth-order valence-electron chi connectivity index (χ4n) is 1.47. The number of hydrogen-bond donors (Lipinski definition) is 0. The second kappa shape index (κ2) is 5.51. The van der Waals surface area contributed by atoms with Crippen LogP contribution in [-0.2, 0) is 13.0 Å². The molecule has 1 aromatic heterocycles. The molecule has 0 N–H and O–H groups in total. The van der Waals surface area contributed by atoms with Crippen molar-refractivity contribution in [3.8, 4) is 11.8 Å². The van der Waals surface area contributed by atoms with Gasteiger partial charge in [-0.1, -0.05) is 6.92 Å². The van der Waals surface area contributed by atoms with Gasteiger partial charge in [0.25, 0.3) is 0 Å². The second-order valence-electron chi connectivity index (χ2n) is 3.65. The van der Waals surface area contributed by atoms with Gasteiger partial charge in [-0.15, -0.1) is 11.3 Å². The Bertz CT molecular complexity index is 522. The maximum Gasteiger partial charge on any atom is 0.122 e. The Morgan fingerprint density at radius 2 is 1.82 bits per heavy atom. The normalized spacial score (nSPS) is 9.88. The number of nitrogens with zero attached hydrogens (tertiary/aromatic N) is 1. The van der Waals surface area contributed by atoms with Gasteiger partial charge in [-0.2, -0.15) is 5.26 Å². The monoisotopic (exact) mass is 243 g/mol. The first kappa shape index (κ1) is 11.7. The summed E-state index contributed by atoms with van der Waals surface area (Å²) in [6, 6.07) is 13.5. The molecule has 1 heterocycles. The average Bonchev–Trinajstić information content (AvgIpc) is 2.85. The number of hydrogen-bond acceptors (Lipinski definition) is 3. The number of benzene rings is 1. The third-order valence-electron chi connectivity index (χ3n) is 2.43. The van der Waals surface area contributed by atoms with E-state index < -0.39 is 0 Å². The average molecular weight is 243 g/mol. The molecule has 0 bridgehead atoms. The van der Waals surface area contributed by atoms with Gasteiger partial charge >= 0.3 is 0 Å². The van der Waals surface area contributed by atoms with E-state index >= 15 is 0 Å². The highest BCUT2D eigenvalue weighted by Gasteiger charge is 2.00. The minimum absolute atomic E-state index is 0.594. The minimum Gasteiger partial charge on any atom is -0.488 e. The summed E-state index contributed by atoms with van der Waals surface area (Å²) in [5.41, 5.74) is 0.654. The van der Waals surface area contributed by atoms with E-state index in [1.165, 1.54) is 9.75 Å². The first-order valence-electron chi connectivity index (χ1n) is 5.52. The molecule has 0 saturated carbocycles. The lowest BCUT2D eigenvalue weighted by atomic mass is 10.2. The predicted molar refractivity (Wildman–Crippen MR) is 69.2 cm³/mol. The number of nitriles is 1. The standard InChI is InChI=1S/C14H13NOS/c1-2-13-7-8-14(17-13)10-16-12-5-3-11(9-15)4-6-12/h3-8H,2,10H2,1H3. The number of rotatable bonds is 4. The molecule has 86 valence electrons. The van der Waals surface area contributed by atoms with Crippen LogP contribution in [0.25, 0.3) is 0 Å². The number of aryl methyl sites for hydroxylation is 1. The van der Waals surface area contributed by atoms with Crippen LogP contribution in [-0.4, -0.2) is 0 Å². The van der Waals surface area contributed by atoms with E-state index in [-0.39, 0.29) is 0 Å². The lowest BCUT2D eigenvalue weighted by Crippen LogP contribution is -1.92. The number of thiophene rings is 1. The quantitative estimate of drug-likeness (QED) is 0.819. The maximum atomic E-state index is 8.68. The van der Waals surface area contributed by atoms with Crippen LogP contribution in [0.2, 0.25) is 0 Å². The van der Waals surface area contributed by atoms with Crippen LogP contribution >= 0.6 is 11.3 Å². The van der Waals surface area contributed by atoms with Crippen LogP contribution in [0.1, 0.15) is 22.2 Å². The van der Waals surface area contributed by atoms with E-state index in [2.05, 4.69) is 25.1 Å². The predicted octanol–water partition coefficient (Wildman–Crippen LogP) is 3.76. The van der Waals surface area contributed by atoms with Gasteiger partial charge in [-0.25, -0.2) is 0 Å². The van der Waals surface area contributed by atoms with Gasteiger partial charge in [0.05, 0.1) is 11.6 Å². The molecule has 0 amide bonds. The molecule has 0 aliphatic heterocycles. The first-order chi connectivity index (χ1) is 8.31. The molecule has 0 radical (unpaired) electrons. The van der Waals surface area contributed by atoms with Crippen molar-refractivity contribution in [2.75, 3.05) is 0 Å². The molecular formula is C14H13NOS. The Balaban J connectivity index is 1.95. The van der Waals surface area contributed by atoms with Crippen molar-refractivity contribution in [2.45, 2.75) is 20.0 Å². The Morgan fingerprint density at radius 1 is 1.12 bits per heavy atom. The van der Waals surface area contributed by atoms with Crippen LogP contribution in [0.5, 0.6) is 5.75 Å². The minimum atomic E-state index is 0.594. The van der Waals surface area contributed by atoms with Gasteiger partial charge in [0.1, 0.15) is 12.4 Å². The van der Waals surface area contributed by atoms with Gasteiger partial charge in [0, 0.05) is 9.75 Å². The van der Waals surface area contributed by atoms with Crippen molar-refractivity contribution < 1.29 is 4.74 Å². The molecule has 0 unspecified atom stereocenters. The molecule has 0 atom stereocenters. The first-order valence-corrected chi connectivity index (χ1v) is 6.34. The van der Waals surface area contributed by atoms with Gasteiger partial charge in [0.15, 0.2) is 0 Å². The summed E-state index contributed by atoms with van der Waals surface area (Å²) in [6.45, 7) is 2.74. The Hall–Kier alpha value is -1.79. The summed E-state index contributed by atoms with van der Waals surface area (Å²) in [6.07, 6.45) is 1.07. The van der Waals surface area contributed by atoms with Crippen molar-refractivity contribution >= 4 is 11.3 Å². The smallest absolute Gasteiger partial charge is 0.122 e. The number of ether oxygens (including phenoxy) is 1. The topological polar surface area (TPSA) is 33.0 Å². The molecule has 2 nitrogen and oxygen atoms in total. The van der Waals surface area contributed by atoms with E-state index in [0.717, 1.165) is 12.2 Å². The van der Waals surface area contributed by atoms with Gasteiger partial charge in [-0.3, -0.25) is 0 Å². The molecule has 1 aromatic carbocycles. The molecule has 3 heteroatoms. The summed E-state index contributed by atoms with van der Waals surface area (Å²) < 4.78 is 5.65. The van der Waals surface area contributed by atoms with Gasteiger partial charge in [0.2, 0.25) is 0 Å². The summed E-state index contributed by atoms with van der Waals surface area (Å²) in [4.78, 5) is 2.61. The fourth-order valence-corrected chi connectivity index (χ4v) is 2.34. The Labute approximate surface area is 105 Å². The molecule has 2 aromatic rings. The van der Waals surface area contributed by atoms with E-state index in [0.29, 0.717) is 12.2 Å².